The molecule has 1 aromatic carbocycles. The summed E-state index contributed by atoms with van der Waals surface area (Å²) in [5.74, 6) is -0.934. The van der Waals surface area contributed by atoms with Crippen LogP contribution in [0.4, 0.5) is 18.9 Å². The second kappa shape index (κ2) is 10.3. The predicted molar refractivity (Wildman–Crippen MR) is 115 cm³/mol. The molecule has 3 rings (SSSR count). The van der Waals surface area contributed by atoms with Crippen LogP contribution in [0.15, 0.2) is 30.5 Å². The molecule has 2 amide bonds. The second-order valence-electron chi connectivity index (χ2n) is 7.38. The minimum absolute atomic E-state index is 0.0165. The molecule has 33 heavy (non-hydrogen) atoms. The lowest BCUT2D eigenvalue weighted by atomic mass is 10.1. The molecule has 178 valence electrons. The van der Waals surface area contributed by atoms with Crippen molar-refractivity contribution < 1.29 is 32.2 Å². The van der Waals surface area contributed by atoms with E-state index in [1.807, 2.05) is 7.05 Å². The Morgan fingerprint density at radius 3 is 2.45 bits per heavy atom. The van der Waals surface area contributed by atoms with Gasteiger partial charge in [-0.05, 0) is 31.3 Å². The Bertz CT molecular complexity index is 1030. The predicted octanol–water partition coefficient (Wildman–Crippen LogP) is 3.32. The van der Waals surface area contributed by atoms with Gasteiger partial charge in [0.25, 0.3) is 11.8 Å². The second-order valence-corrected chi connectivity index (χ2v) is 7.79. The minimum atomic E-state index is -4.55. The van der Waals surface area contributed by atoms with Crippen LogP contribution in [0.2, 0.25) is 5.02 Å². The number of rotatable bonds is 6. The molecule has 1 aromatic heterocycles. The maximum atomic E-state index is 12.9. The Morgan fingerprint density at radius 2 is 1.85 bits per heavy atom. The van der Waals surface area contributed by atoms with E-state index in [0.717, 1.165) is 25.4 Å². The molecule has 2 aromatic rings. The van der Waals surface area contributed by atoms with Crippen LogP contribution in [-0.2, 0) is 0 Å². The Morgan fingerprint density at radius 1 is 1.15 bits per heavy atom. The molecule has 1 aliphatic heterocycles. The zero-order chi connectivity index (χ0) is 24.2. The molecule has 1 saturated heterocycles. The van der Waals surface area contributed by atoms with Gasteiger partial charge in [-0.1, -0.05) is 11.6 Å². The first-order valence-corrected chi connectivity index (χ1v) is 10.3. The average molecular weight is 487 g/mol. The van der Waals surface area contributed by atoms with Crippen LogP contribution < -0.4 is 14.8 Å². The number of piperazine rings is 1. The number of aromatic nitrogens is 1. The molecule has 0 aliphatic carbocycles. The molecule has 1 fully saturated rings. The van der Waals surface area contributed by atoms with E-state index in [-0.39, 0.29) is 22.2 Å². The number of carbonyl (C=O) groups excluding carboxylic acids is 2. The summed E-state index contributed by atoms with van der Waals surface area (Å²) in [5.41, 5.74) is 0.607. The first-order valence-electron chi connectivity index (χ1n) is 9.89. The number of ether oxygens (including phenoxy) is 2. The number of likely N-dealkylation sites (N-methyl/N-ethyl adjacent to an activating group) is 1. The van der Waals surface area contributed by atoms with Crippen LogP contribution in [0.3, 0.4) is 0 Å². The monoisotopic (exact) mass is 486 g/mol. The zero-order valence-electron chi connectivity index (χ0n) is 17.9. The smallest absolute Gasteiger partial charge is 0.422 e. The van der Waals surface area contributed by atoms with E-state index >= 15 is 0 Å². The maximum absolute atomic E-state index is 12.9. The number of anilines is 1. The van der Waals surface area contributed by atoms with E-state index in [9.17, 15) is 22.8 Å². The van der Waals surface area contributed by atoms with Crippen molar-refractivity contribution >= 4 is 29.1 Å². The van der Waals surface area contributed by atoms with E-state index in [1.54, 1.807) is 17.0 Å². The lowest BCUT2D eigenvalue weighted by Gasteiger charge is -2.32. The number of hydrogen-bond acceptors (Lipinski definition) is 6. The van der Waals surface area contributed by atoms with E-state index in [1.165, 1.54) is 13.2 Å². The topological polar surface area (TPSA) is 84.0 Å². The summed E-state index contributed by atoms with van der Waals surface area (Å²) in [6.07, 6.45) is -3.51. The van der Waals surface area contributed by atoms with Gasteiger partial charge in [-0.15, -0.1) is 0 Å². The largest absolute Gasteiger partial charge is 0.495 e. The van der Waals surface area contributed by atoms with Gasteiger partial charge in [0, 0.05) is 37.9 Å². The normalized spacial score (nSPS) is 14.7. The number of amides is 2. The highest BCUT2D eigenvalue weighted by Crippen LogP contribution is 2.29. The summed E-state index contributed by atoms with van der Waals surface area (Å²) in [5, 5.41) is 2.37. The molecule has 8 nitrogen and oxygen atoms in total. The quantitative estimate of drug-likeness (QED) is 0.674. The molecule has 0 radical (unpaired) electrons. The summed E-state index contributed by atoms with van der Waals surface area (Å²) in [7, 11) is 3.40. The molecule has 1 N–H and O–H groups in total. The first kappa shape index (κ1) is 24.6. The molecular weight excluding hydrogens is 465 g/mol. The van der Waals surface area contributed by atoms with Gasteiger partial charge in [-0.2, -0.15) is 13.2 Å². The Kier molecular flexibility index (Phi) is 7.65. The number of nitrogens with zero attached hydrogens (tertiary/aromatic N) is 3. The van der Waals surface area contributed by atoms with Gasteiger partial charge >= 0.3 is 6.18 Å². The fraction of sp³-hybridized carbons (Fsp3) is 0.381. The third-order valence-corrected chi connectivity index (χ3v) is 5.20. The van der Waals surface area contributed by atoms with Gasteiger partial charge in [-0.3, -0.25) is 9.59 Å². The zero-order valence-corrected chi connectivity index (χ0v) is 18.7. The van der Waals surface area contributed by atoms with Crippen molar-refractivity contribution in [3.05, 3.63) is 46.6 Å². The third kappa shape index (κ3) is 6.48. The number of pyridine rings is 1. The molecule has 0 bridgehead atoms. The average Bonchev–Trinajstić information content (AvgIpc) is 2.77. The highest BCUT2D eigenvalue weighted by Gasteiger charge is 2.29. The van der Waals surface area contributed by atoms with Crippen molar-refractivity contribution in [2.24, 2.45) is 0 Å². The lowest BCUT2D eigenvalue weighted by molar-refractivity contribution is -0.154. The third-order valence-electron chi connectivity index (χ3n) is 4.93. The van der Waals surface area contributed by atoms with Gasteiger partial charge in [0.05, 0.1) is 18.4 Å². The molecular formula is C21H22ClF3N4O4. The summed E-state index contributed by atoms with van der Waals surface area (Å²) < 4.78 is 46.8. The van der Waals surface area contributed by atoms with Crippen molar-refractivity contribution in [3.8, 4) is 11.6 Å². The number of alkyl halides is 3. The van der Waals surface area contributed by atoms with Crippen LogP contribution in [0.25, 0.3) is 0 Å². The van der Waals surface area contributed by atoms with Crippen molar-refractivity contribution in [2.45, 2.75) is 6.18 Å². The van der Waals surface area contributed by atoms with Crippen molar-refractivity contribution in [1.82, 2.24) is 14.8 Å². The van der Waals surface area contributed by atoms with E-state index in [2.05, 4.69) is 19.9 Å². The maximum Gasteiger partial charge on any atom is 0.422 e. The van der Waals surface area contributed by atoms with Crippen LogP contribution in [0.1, 0.15) is 20.7 Å². The van der Waals surface area contributed by atoms with Gasteiger partial charge < -0.3 is 24.6 Å². The molecule has 2 heterocycles. The molecule has 0 unspecified atom stereocenters. The van der Waals surface area contributed by atoms with E-state index < -0.39 is 24.6 Å². The highest BCUT2D eigenvalue weighted by molar-refractivity contribution is 6.32. The lowest BCUT2D eigenvalue weighted by Crippen LogP contribution is -2.47. The van der Waals surface area contributed by atoms with Gasteiger partial charge in [0.2, 0.25) is 5.88 Å². The van der Waals surface area contributed by atoms with E-state index in [4.69, 9.17) is 16.3 Å². The van der Waals surface area contributed by atoms with Gasteiger partial charge in [-0.25, -0.2) is 4.98 Å². The summed E-state index contributed by atoms with van der Waals surface area (Å²) in [4.78, 5) is 33.1. The fourth-order valence-electron chi connectivity index (χ4n) is 3.13. The number of benzene rings is 1. The number of methoxy groups -OCH3 is 1. The standard InChI is InChI=1S/C21H22ClF3N4O4/c1-28-5-7-29(8-6-28)20(31)13-3-4-17(32-2)16(10-13)27-18(30)14-9-15(22)19(26-11-14)33-12-21(23,24)25/h3-4,9-11H,5-8,12H2,1-2H3,(H,27,30). The number of carbonyl (C=O) groups is 2. The fourth-order valence-corrected chi connectivity index (χ4v) is 3.35. The Balaban J connectivity index is 1.75. The summed E-state index contributed by atoms with van der Waals surface area (Å²) in [6, 6.07) is 5.83. The van der Waals surface area contributed by atoms with Crippen molar-refractivity contribution in [1.29, 1.82) is 0 Å². The number of hydrogen-bond donors (Lipinski definition) is 1. The Hall–Kier alpha value is -3.05. The summed E-state index contributed by atoms with van der Waals surface area (Å²) >= 11 is 5.91. The highest BCUT2D eigenvalue weighted by atomic mass is 35.5. The van der Waals surface area contributed by atoms with Gasteiger partial charge in [0.1, 0.15) is 10.8 Å². The molecule has 12 heteroatoms. The number of nitrogens with one attached hydrogen (secondary N) is 1. The van der Waals surface area contributed by atoms with Crippen LogP contribution in [0.5, 0.6) is 11.6 Å². The SMILES string of the molecule is COc1ccc(C(=O)N2CCN(C)CC2)cc1NC(=O)c1cnc(OCC(F)(F)F)c(Cl)c1. The Labute approximate surface area is 193 Å². The van der Waals surface area contributed by atoms with E-state index in [0.29, 0.717) is 24.4 Å². The molecule has 0 saturated carbocycles. The van der Waals surface area contributed by atoms with Crippen LogP contribution in [-0.4, -0.2) is 79.7 Å². The summed E-state index contributed by atoms with van der Waals surface area (Å²) in [6.45, 7) is 1.16. The first-order chi connectivity index (χ1) is 15.6. The molecule has 0 atom stereocenters. The van der Waals surface area contributed by atoms with Crippen LogP contribution >= 0.6 is 11.6 Å². The molecule has 0 spiro atoms. The van der Waals surface area contributed by atoms with Crippen LogP contribution in [0, 0.1) is 0 Å². The number of halogens is 4. The van der Waals surface area contributed by atoms with Crippen molar-refractivity contribution in [2.75, 3.05) is 52.3 Å². The van der Waals surface area contributed by atoms with Crippen molar-refractivity contribution in [3.63, 3.8) is 0 Å². The van der Waals surface area contributed by atoms with Gasteiger partial charge in [0.15, 0.2) is 6.61 Å². The molecule has 1 aliphatic rings. The minimum Gasteiger partial charge on any atom is -0.495 e.